The van der Waals surface area contributed by atoms with E-state index in [9.17, 15) is 0 Å². The molecular formula is C13H20BrNS. The summed E-state index contributed by atoms with van der Waals surface area (Å²) in [7, 11) is 0. The normalized spacial score (nSPS) is 27.9. The number of thiophene rings is 1. The lowest BCUT2D eigenvalue weighted by Crippen LogP contribution is -2.26. The Balaban J connectivity index is 2.01. The van der Waals surface area contributed by atoms with E-state index in [1.807, 2.05) is 0 Å². The Morgan fingerprint density at radius 2 is 2.38 bits per heavy atom. The van der Waals surface area contributed by atoms with Crippen molar-refractivity contribution >= 4 is 27.3 Å². The lowest BCUT2D eigenvalue weighted by atomic mass is 9.76. The van der Waals surface area contributed by atoms with Crippen LogP contribution in [0.3, 0.4) is 0 Å². The number of rotatable bonds is 3. The van der Waals surface area contributed by atoms with Gasteiger partial charge in [-0.15, -0.1) is 11.3 Å². The molecule has 0 aromatic carbocycles. The first kappa shape index (κ1) is 12.6. The molecule has 2 N–H and O–H groups in total. The second-order valence-electron chi connectivity index (χ2n) is 4.91. The van der Waals surface area contributed by atoms with Gasteiger partial charge in [0.1, 0.15) is 0 Å². The van der Waals surface area contributed by atoms with Crippen LogP contribution in [-0.4, -0.2) is 0 Å². The summed E-state index contributed by atoms with van der Waals surface area (Å²) in [4.78, 5) is 0. The number of hydrogen-bond acceptors (Lipinski definition) is 2. The van der Waals surface area contributed by atoms with Gasteiger partial charge in [-0.1, -0.05) is 26.2 Å². The standard InChI is InChI=1S/C13H20BrNS/c1-2-9-4-3-5-10(6-9)13(15)11-7-12(14)16-8-11/h7-10,13H,2-6,15H2,1H3. The summed E-state index contributed by atoms with van der Waals surface area (Å²) in [6.07, 6.45) is 6.72. The number of hydrogen-bond donors (Lipinski definition) is 1. The maximum absolute atomic E-state index is 6.39. The summed E-state index contributed by atoms with van der Waals surface area (Å²) in [5.74, 6) is 1.60. The highest BCUT2D eigenvalue weighted by molar-refractivity contribution is 9.11. The minimum absolute atomic E-state index is 0.247. The van der Waals surface area contributed by atoms with Crippen LogP contribution >= 0.6 is 27.3 Å². The van der Waals surface area contributed by atoms with Gasteiger partial charge in [-0.25, -0.2) is 0 Å². The van der Waals surface area contributed by atoms with Crippen molar-refractivity contribution in [2.45, 2.75) is 45.1 Å². The number of halogens is 1. The fraction of sp³-hybridized carbons (Fsp3) is 0.692. The summed E-state index contributed by atoms with van der Waals surface area (Å²) in [6.45, 7) is 2.31. The fourth-order valence-corrected chi connectivity index (χ4v) is 4.02. The lowest BCUT2D eigenvalue weighted by Gasteiger charge is -2.32. The molecule has 0 aliphatic heterocycles. The Morgan fingerprint density at radius 3 is 3.00 bits per heavy atom. The van der Waals surface area contributed by atoms with Crippen molar-refractivity contribution in [3.63, 3.8) is 0 Å². The third-order valence-corrected chi connectivity index (χ3v) is 5.40. The first-order valence-electron chi connectivity index (χ1n) is 6.20. The predicted molar refractivity (Wildman–Crippen MR) is 74.7 cm³/mol. The Hall–Kier alpha value is 0.140. The minimum atomic E-state index is 0.247. The van der Waals surface area contributed by atoms with Gasteiger partial charge in [-0.3, -0.25) is 0 Å². The van der Waals surface area contributed by atoms with Crippen LogP contribution in [0.2, 0.25) is 0 Å². The highest BCUT2D eigenvalue weighted by Gasteiger charge is 2.26. The van der Waals surface area contributed by atoms with Gasteiger partial charge in [-0.05, 0) is 57.6 Å². The molecule has 1 aliphatic rings. The second kappa shape index (κ2) is 5.65. The molecule has 3 atom stereocenters. The molecular weight excluding hydrogens is 282 g/mol. The van der Waals surface area contributed by atoms with Crippen LogP contribution in [0.15, 0.2) is 15.2 Å². The SMILES string of the molecule is CCC1CCCC(C(N)c2csc(Br)c2)C1. The van der Waals surface area contributed by atoms with Crippen molar-refractivity contribution in [2.75, 3.05) is 0 Å². The Bertz CT molecular complexity index is 336. The first-order valence-corrected chi connectivity index (χ1v) is 7.87. The maximum atomic E-state index is 6.39. The van der Waals surface area contributed by atoms with E-state index in [0.717, 1.165) is 5.92 Å². The summed E-state index contributed by atoms with van der Waals surface area (Å²) < 4.78 is 1.20. The highest BCUT2D eigenvalue weighted by Crippen LogP contribution is 2.38. The zero-order valence-corrected chi connectivity index (χ0v) is 12.2. The van der Waals surface area contributed by atoms with E-state index in [4.69, 9.17) is 5.73 Å². The van der Waals surface area contributed by atoms with Crippen molar-refractivity contribution in [1.29, 1.82) is 0 Å². The van der Waals surface area contributed by atoms with Gasteiger partial charge < -0.3 is 5.73 Å². The molecule has 2 rings (SSSR count). The van der Waals surface area contributed by atoms with Crippen molar-refractivity contribution in [3.05, 3.63) is 20.8 Å². The minimum Gasteiger partial charge on any atom is -0.324 e. The zero-order valence-electron chi connectivity index (χ0n) is 9.79. The van der Waals surface area contributed by atoms with Crippen LogP contribution < -0.4 is 5.73 Å². The van der Waals surface area contributed by atoms with Crippen molar-refractivity contribution in [2.24, 2.45) is 17.6 Å². The molecule has 0 saturated heterocycles. The molecule has 0 radical (unpaired) electrons. The number of nitrogens with two attached hydrogens (primary N) is 1. The molecule has 3 heteroatoms. The predicted octanol–water partition coefficient (Wildman–Crippen LogP) is 4.73. The Labute approximate surface area is 111 Å². The van der Waals surface area contributed by atoms with Gasteiger partial charge >= 0.3 is 0 Å². The maximum Gasteiger partial charge on any atom is 0.0701 e. The van der Waals surface area contributed by atoms with E-state index in [1.54, 1.807) is 11.3 Å². The van der Waals surface area contributed by atoms with Gasteiger partial charge in [0.15, 0.2) is 0 Å². The van der Waals surface area contributed by atoms with Crippen LogP contribution in [0.4, 0.5) is 0 Å². The summed E-state index contributed by atoms with van der Waals surface area (Å²) in [5.41, 5.74) is 7.70. The van der Waals surface area contributed by atoms with E-state index in [1.165, 1.54) is 41.5 Å². The molecule has 16 heavy (non-hydrogen) atoms. The third-order valence-electron chi connectivity index (χ3n) is 3.88. The topological polar surface area (TPSA) is 26.0 Å². The Kier molecular flexibility index (Phi) is 4.45. The molecule has 1 nitrogen and oxygen atoms in total. The van der Waals surface area contributed by atoms with Gasteiger partial charge in [0, 0.05) is 6.04 Å². The van der Waals surface area contributed by atoms with Crippen molar-refractivity contribution in [1.82, 2.24) is 0 Å². The molecule has 1 aromatic heterocycles. The molecule has 3 unspecified atom stereocenters. The smallest absolute Gasteiger partial charge is 0.0701 e. The largest absolute Gasteiger partial charge is 0.324 e. The van der Waals surface area contributed by atoms with Crippen LogP contribution in [-0.2, 0) is 0 Å². The van der Waals surface area contributed by atoms with Crippen molar-refractivity contribution < 1.29 is 0 Å². The monoisotopic (exact) mass is 301 g/mol. The Morgan fingerprint density at radius 1 is 1.56 bits per heavy atom. The zero-order chi connectivity index (χ0) is 11.5. The van der Waals surface area contributed by atoms with Crippen LogP contribution in [0.5, 0.6) is 0 Å². The summed E-state index contributed by atoms with van der Waals surface area (Å²) in [6, 6.07) is 2.43. The third kappa shape index (κ3) is 2.88. The molecule has 1 aromatic rings. The van der Waals surface area contributed by atoms with Crippen LogP contribution in [0.1, 0.15) is 50.6 Å². The van der Waals surface area contributed by atoms with E-state index in [-0.39, 0.29) is 6.04 Å². The molecule has 0 bridgehead atoms. The van der Waals surface area contributed by atoms with E-state index >= 15 is 0 Å². The van der Waals surface area contributed by atoms with Gasteiger partial charge in [0.2, 0.25) is 0 Å². The van der Waals surface area contributed by atoms with Crippen molar-refractivity contribution in [3.8, 4) is 0 Å². The van der Waals surface area contributed by atoms with Crippen LogP contribution in [0, 0.1) is 11.8 Å². The van der Waals surface area contributed by atoms with E-state index in [0.29, 0.717) is 5.92 Å². The van der Waals surface area contributed by atoms with Gasteiger partial charge in [0.25, 0.3) is 0 Å². The fourth-order valence-electron chi connectivity index (χ4n) is 2.80. The van der Waals surface area contributed by atoms with E-state index < -0.39 is 0 Å². The first-order chi connectivity index (χ1) is 7.70. The molecule has 1 aliphatic carbocycles. The molecule has 90 valence electrons. The second-order valence-corrected chi connectivity index (χ2v) is 7.20. The lowest BCUT2D eigenvalue weighted by molar-refractivity contribution is 0.230. The van der Waals surface area contributed by atoms with E-state index in [2.05, 4.69) is 34.3 Å². The quantitative estimate of drug-likeness (QED) is 0.858. The van der Waals surface area contributed by atoms with Crippen LogP contribution in [0.25, 0.3) is 0 Å². The highest BCUT2D eigenvalue weighted by atomic mass is 79.9. The summed E-state index contributed by atoms with van der Waals surface area (Å²) >= 11 is 5.25. The average Bonchev–Trinajstić information content (AvgIpc) is 2.75. The van der Waals surface area contributed by atoms with Gasteiger partial charge in [0.05, 0.1) is 3.79 Å². The van der Waals surface area contributed by atoms with Gasteiger partial charge in [-0.2, -0.15) is 0 Å². The molecule has 0 amide bonds. The average molecular weight is 302 g/mol. The molecule has 1 saturated carbocycles. The molecule has 1 heterocycles. The molecule has 1 fully saturated rings. The summed E-state index contributed by atoms with van der Waals surface area (Å²) in [5, 5.41) is 2.20. The molecule has 0 spiro atoms.